The van der Waals surface area contributed by atoms with Gasteiger partial charge in [-0.25, -0.2) is 8.42 Å². The van der Waals surface area contributed by atoms with E-state index in [1.807, 2.05) is 0 Å². The van der Waals surface area contributed by atoms with E-state index in [2.05, 4.69) is 6.92 Å². The fourth-order valence-corrected chi connectivity index (χ4v) is 9.40. The van der Waals surface area contributed by atoms with E-state index in [1.165, 1.54) is 12.8 Å². The van der Waals surface area contributed by atoms with Gasteiger partial charge >= 0.3 is 0 Å². The fourth-order valence-electron chi connectivity index (χ4n) is 7.00. The molecule has 0 radical (unpaired) electrons. The van der Waals surface area contributed by atoms with Crippen molar-refractivity contribution in [2.45, 2.75) is 138 Å². The average molecular weight is 483 g/mol. The maximum absolute atomic E-state index is 13.2. The first-order chi connectivity index (χ1) is 15.9. The van der Waals surface area contributed by atoms with E-state index < -0.39 is 9.84 Å². The Hall–Kier alpha value is -0.460. The van der Waals surface area contributed by atoms with Crippen LogP contribution in [0.1, 0.15) is 110 Å². The molecule has 5 nitrogen and oxygen atoms in total. The molecule has 0 aromatic rings. The lowest BCUT2D eigenvalue weighted by molar-refractivity contribution is -0.130. The summed E-state index contributed by atoms with van der Waals surface area (Å²) in [5.41, 5.74) is 0. The molecule has 0 aliphatic heterocycles. The number of carbonyl (C=O) groups excluding carboxylic acids is 1. The molecule has 0 atom stereocenters. The van der Waals surface area contributed by atoms with E-state index >= 15 is 0 Å². The van der Waals surface area contributed by atoms with Crippen LogP contribution in [0.25, 0.3) is 0 Å². The molecule has 4 aliphatic rings. The van der Waals surface area contributed by atoms with Gasteiger partial charge in [0.15, 0.2) is 9.84 Å². The Morgan fingerprint density at radius 3 is 1.45 bits per heavy atom. The minimum absolute atomic E-state index is 0.174. The molecular weight excluding hydrogens is 436 g/mol. The van der Waals surface area contributed by atoms with Gasteiger partial charge in [-0.1, -0.05) is 19.8 Å². The summed E-state index contributed by atoms with van der Waals surface area (Å²) in [6.07, 6.45) is 15.6. The zero-order valence-electron chi connectivity index (χ0n) is 20.9. The highest BCUT2D eigenvalue weighted by Gasteiger charge is 2.39. The number of methoxy groups -OCH3 is 1. The van der Waals surface area contributed by atoms with Crippen LogP contribution in [-0.2, 0) is 24.1 Å². The van der Waals surface area contributed by atoms with Crippen molar-refractivity contribution in [2.24, 2.45) is 17.8 Å². The van der Waals surface area contributed by atoms with Crippen molar-refractivity contribution in [1.82, 2.24) is 0 Å². The molecule has 0 bridgehead atoms. The number of ketones is 1. The van der Waals surface area contributed by atoms with Gasteiger partial charge in [0, 0.05) is 18.9 Å². The number of carbonyl (C=O) groups is 1. The van der Waals surface area contributed by atoms with Gasteiger partial charge in [-0.15, -0.1) is 0 Å². The van der Waals surface area contributed by atoms with Crippen molar-refractivity contribution in [3.8, 4) is 0 Å². The zero-order valence-corrected chi connectivity index (χ0v) is 21.7. The zero-order chi connectivity index (χ0) is 23.4. The molecule has 0 amide bonds. The summed E-state index contributed by atoms with van der Waals surface area (Å²) in [4.78, 5) is 12.9. The molecule has 0 saturated heterocycles. The van der Waals surface area contributed by atoms with Crippen molar-refractivity contribution < 1.29 is 22.7 Å². The first-order valence-corrected chi connectivity index (χ1v) is 15.4. The maximum Gasteiger partial charge on any atom is 0.156 e. The molecule has 6 heteroatoms. The highest BCUT2D eigenvalue weighted by atomic mass is 32.2. The molecular formula is C27H46O5S. The van der Waals surface area contributed by atoms with Crippen LogP contribution in [0.2, 0.25) is 0 Å². The Balaban J connectivity index is 1.17. The van der Waals surface area contributed by atoms with Crippen LogP contribution in [0.3, 0.4) is 0 Å². The first kappa shape index (κ1) is 25.6. The third kappa shape index (κ3) is 6.41. The summed E-state index contributed by atoms with van der Waals surface area (Å²) in [6, 6.07) is 0. The van der Waals surface area contributed by atoms with Crippen LogP contribution in [0.5, 0.6) is 0 Å². The number of ether oxygens (including phenoxy) is 2. The van der Waals surface area contributed by atoms with Gasteiger partial charge in [0.05, 0.1) is 28.8 Å². The minimum atomic E-state index is -3.05. The van der Waals surface area contributed by atoms with Gasteiger partial charge in [0.2, 0.25) is 0 Å². The largest absolute Gasteiger partial charge is 0.381 e. The summed E-state index contributed by atoms with van der Waals surface area (Å²) in [7, 11) is -1.33. The predicted octanol–water partition coefficient (Wildman–Crippen LogP) is 5.64. The third-order valence-electron chi connectivity index (χ3n) is 9.38. The summed E-state index contributed by atoms with van der Waals surface area (Å²) in [5.74, 6) is 1.88. The molecule has 4 aliphatic carbocycles. The topological polar surface area (TPSA) is 69.7 Å². The third-order valence-corrected chi connectivity index (χ3v) is 12.2. The summed E-state index contributed by atoms with van der Waals surface area (Å²) < 4.78 is 38.2. The first-order valence-electron chi connectivity index (χ1n) is 13.8. The Morgan fingerprint density at radius 2 is 1.00 bits per heavy atom. The van der Waals surface area contributed by atoms with Crippen molar-refractivity contribution >= 4 is 15.6 Å². The lowest BCUT2D eigenvalue weighted by atomic mass is 9.74. The summed E-state index contributed by atoms with van der Waals surface area (Å²) >= 11 is 0. The van der Waals surface area contributed by atoms with Crippen LogP contribution in [-0.4, -0.2) is 50.1 Å². The number of Topliss-reactive ketones (excluding diaryl/α,β-unsaturated/α-hetero) is 1. The average Bonchev–Trinajstić information content (AvgIpc) is 2.85. The Labute approximate surface area is 201 Å². The predicted molar refractivity (Wildman–Crippen MR) is 131 cm³/mol. The summed E-state index contributed by atoms with van der Waals surface area (Å²) in [5, 5.41) is -0.362. The molecule has 0 aromatic carbocycles. The molecule has 33 heavy (non-hydrogen) atoms. The number of sulfone groups is 1. The normalized spacial score (nSPS) is 40.9. The van der Waals surface area contributed by atoms with Gasteiger partial charge < -0.3 is 9.47 Å². The summed E-state index contributed by atoms with van der Waals surface area (Å²) in [6.45, 7) is 2.30. The van der Waals surface area contributed by atoms with Crippen molar-refractivity contribution in [2.75, 3.05) is 7.11 Å². The monoisotopic (exact) mass is 482 g/mol. The number of hydrogen-bond acceptors (Lipinski definition) is 5. The maximum atomic E-state index is 13.2. The Morgan fingerprint density at radius 1 is 0.606 bits per heavy atom. The van der Waals surface area contributed by atoms with Gasteiger partial charge in [0.1, 0.15) is 5.78 Å². The molecule has 0 N–H and O–H groups in total. The van der Waals surface area contributed by atoms with E-state index in [4.69, 9.17) is 9.47 Å². The standard InChI is InChI=1S/C27H46O5S/c1-19-3-5-20(6-4-19)27(28)21-7-9-23(10-8-21)32-24-13-17-26(18-14-24)33(29,30)25-15-11-22(31-2)12-16-25/h19-26H,3-18H2,1-2H3. The highest BCUT2D eigenvalue weighted by molar-refractivity contribution is 7.92. The molecule has 0 heterocycles. The highest BCUT2D eigenvalue weighted by Crippen LogP contribution is 2.38. The number of rotatable bonds is 7. The van der Waals surface area contributed by atoms with Gasteiger partial charge in [-0.05, 0) is 95.8 Å². The van der Waals surface area contributed by atoms with Crippen LogP contribution < -0.4 is 0 Å². The molecule has 0 spiro atoms. The van der Waals surface area contributed by atoms with E-state index in [-0.39, 0.29) is 34.7 Å². The fraction of sp³-hybridized carbons (Fsp3) is 0.963. The van der Waals surface area contributed by atoms with E-state index in [0.29, 0.717) is 11.7 Å². The lowest BCUT2D eigenvalue weighted by Gasteiger charge is -2.36. The van der Waals surface area contributed by atoms with Gasteiger partial charge in [-0.3, -0.25) is 4.79 Å². The van der Waals surface area contributed by atoms with Gasteiger partial charge in [-0.2, -0.15) is 0 Å². The second kappa shape index (κ2) is 11.5. The van der Waals surface area contributed by atoms with Crippen molar-refractivity contribution in [1.29, 1.82) is 0 Å². The van der Waals surface area contributed by atoms with E-state index in [9.17, 15) is 13.2 Å². The van der Waals surface area contributed by atoms with Crippen LogP contribution in [0.15, 0.2) is 0 Å². The molecule has 4 saturated carbocycles. The lowest BCUT2D eigenvalue weighted by Crippen LogP contribution is -2.40. The van der Waals surface area contributed by atoms with Crippen molar-refractivity contribution in [3.63, 3.8) is 0 Å². The van der Waals surface area contributed by atoms with Gasteiger partial charge in [0.25, 0.3) is 0 Å². The number of hydrogen-bond donors (Lipinski definition) is 0. The minimum Gasteiger partial charge on any atom is -0.381 e. The smallest absolute Gasteiger partial charge is 0.156 e. The molecule has 190 valence electrons. The molecule has 4 rings (SSSR count). The quantitative estimate of drug-likeness (QED) is 0.470. The Kier molecular flexibility index (Phi) is 8.94. The molecule has 0 aromatic heterocycles. The second-order valence-electron chi connectivity index (χ2n) is 11.6. The molecule has 4 fully saturated rings. The van der Waals surface area contributed by atoms with E-state index in [1.54, 1.807) is 7.11 Å². The van der Waals surface area contributed by atoms with Crippen LogP contribution in [0.4, 0.5) is 0 Å². The SMILES string of the molecule is COC1CCC(S(=O)(=O)C2CCC(OC3CCC(C(=O)C4CCC(C)CC4)CC3)CC2)CC1. The van der Waals surface area contributed by atoms with Crippen LogP contribution in [0, 0.1) is 17.8 Å². The molecule has 0 unspecified atom stereocenters. The second-order valence-corrected chi connectivity index (χ2v) is 14.1. The van der Waals surface area contributed by atoms with Crippen LogP contribution >= 0.6 is 0 Å². The van der Waals surface area contributed by atoms with Crippen molar-refractivity contribution in [3.05, 3.63) is 0 Å². The Bertz CT molecular complexity index is 718. The van der Waals surface area contributed by atoms with E-state index in [0.717, 1.165) is 95.8 Å².